The van der Waals surface area contributed by atoms with Gasteiger partial charge in [-0.05, 0) is 19.3 Å². The van der Waals surface area contributed by atoms with Crippen LogP contribution in [0.1, 0.15) is 47.0 Å². The Morgan fingerprint density at radius 3 is 2.13 bits per heavy atom. The molecule has 0 amide bonds. The summed E-state index contributed by atoms with van der Waals surface area (Å²) in [5.74, 6) is 0.917. The summed E-state index contributed by atoms with van der Waals surface area (Å²) in [6.07, 6.45) is 3.13. The third kappa shape index (κ3) is 4.51. The van der Waals surface area contributed by atoms with Crippen LogP contribution >= 0.6 is 0 Å². The molecule has 0 heterocycles. The van der Waals surface area contributed by atoms with E-state index in [0.717, 1.165) is 19.3 Å². The molecule has 0 aliphatic rings. The highest BCUT2D eigenvalue weighted by molar-refractivity contribution is 5.85. The van der Waals surface area contributed by atoms with Crippen molar-refractivity contribution < 1.29 is 5.21 Å². The quantitative estimate of drug-likeness (QED) is 0.263. The van der Waals surface area contributed by atoms with E-state index in [1.165, 1.54) is 0 Å². The zero-order chi connectivity index (χ0) is 11.8. The maximum atomic E-state index is 8.63. The highest BCUT2D eigenvalue weighted by atomic mass is 16.4. The van der Waals surface area contributed by atoms with Crippen molar-refractivity contribution in [2.45, 2.75) is 59.0 Å². The van der Waals surface area contributed by atoms with Crippen molar-refractivity contribution in [2.75, 3.05) is 0 Å². The maximum Gasteiger partial charge on any atom is 0.156 e. The minimum absolute atomic E-state index is 0.0226. The molecule has 0 rings (SSSR count). The molecule has 0 bridgehead atoms. The zero-order valence-corrected chi connectivity index (χ0v) is 10.3. The highest BCUT2D eigenvalue weighted by Gasteiger charge is 2.19. The molecule has 0 spiro atoms. The molecule has 0 saturated carbocycles. The van der Waals surface area contributed by atoms with E-state index in [0.29, 0.717) is 12.0 Å². The Morgan fingerprint density at radius 1 is 1.27 bits per heavy atom. The van der Waals surface area contributed by atoms with Gasteiger partial charge in [-0.3, -0.25) is 0 Å². The fraction of sp³-hybridized carbons (Fsp3) is 0.909. The first kappa shape index (κ1) is 14.2. The molecule has 0 aliphatic carbocycles. The van der Waals surface area contributed by atoms with E-state index in [9.17, 15) is 0 Å². The number of hydrogen-bond acceptors (Lipinski definition) is 3. The first-order valence-corrected chi connectivity index (χ1v) is 5.84. The number of hydrogen-bond donors (Lipinski definition) is 3. The number of nitrogens with two attached hydrogens (primary N) is 1. The third-order valence-electron chi connectivity index (χ3n) is 3.10. The molecule has 2 unspecified atom stereocenters. The van der Waals surface area contributed by atoms with Crippen LogP contribution in [0.4, 0.5) is 0 Å². The number of oxime groups is 1. The first-order chi connectivity index (χ1) is 7.10. The molecule has 4 N–H and O–H groups in total. The van der Waals surface area contributed by atoms with Gasteiger partial charge in [0.2, 0.25) is 0 Å². The lowest BCUT2D eigenvalue weighted by atomic mass is 9.94. The van der Waals surface area contributed by atoms with Gasteiger partial charge in [-0.2, -0.15) is 0 Å². The summed E-state index contributed by atoms with van der Waals surface area (Å²) >= 11 is 0. The van der Waals surface area contributed by atoms with Gasteiger partial charge in [0, 0.05) is 6.04 Å². The Bertz CT molecular complexity index is 190. The van der Waals surface area contributed by atoms with Crippen molar-refractivity contribution in [3.8, 4) is 0 Å². The summed E-state index contributed by atoms with van der Waals surface area (Å²) in [6.45, 7) is 8.56. The Balaban J connectivity index is 4.28. The molecule has 4 heteroatoms. The normalized spacial score (nSPS) is 16.7. The Hall–Kier alpha value is -0.770. The number of nitrogens with one attached hydrogen (secondary N) is 1. The van der Waals surface area contributed by atoms with Crippen molar-refractivity contribution >= 4 is 5.84 Å². The number of nitrogens with zero attached hydrogens (tertiary/aromatic N) is 1. The van der Waals surface area contributed by atoms with Crippen LogP contribution in [0.2, 0.25) is 0 Å². The van der Waals surface area contributed by atoms with Crippen LogP contribution in [0, 0.1) is 5.92 Å². The van der Waals surface area contributed by atoms with E-state index in [-0.39, 0.29) is 11.9 Å². The topological polar surface area (TPSA) is 70.6 Å². The summed E-state index contributed by atoms with van der Waals surface area (Å²) in [5.41, 5.74) is 5.60. The van der Waals surface area contributed by atoms with Crippen molar-refractivity contribution in [1.29, 1.82) is 0 Å². The molecular formula is C11H25N3O. The minimum atomic E-state index is -0.0226. The molecule has 0 saturated heterocycles. The van der Waals surface area contributed by atoms with Gasteiger partial charge >= 0.3 is 0 Å². The fourth-order valence-electron chi connectivity index (χ4n) is 1.93. The van der Waals surface area contributed by atoms with Gasteiger partial charge in [-0.25, -0.2) is 0 Å². The van der Waals surface area contributed by atoms with E-state index in [4.69, 9.17) is 10.9 Å². The van der Waals surface area contributed by atoms with Crippen LogP contribution in [0.5, 0.6) is 0 Å². The minimum Gasteiger partial charge on any atom is -0.409 e. The second-order valence-electron chi connectivity index (χ2n) is 4.02. The van der Waals surface area contributed by atoms with Crippen LogP contribution in [0.3, 0.4) is 0 Å². The molecule has 0 fully saturated rings. The van der Waals surface area contributed by atoms with E-state index >= 15 is 0 Å². The number of amidine groups is 1. The van der Waals surface area contributed by atoms with Crippen molar-refractivity contribution in [2.24, 2.45) is 16.8 Å². The van der Waals surface area contributed by atoms with Gasteiger partial charge in [-0.1, -0.05) is 38.8 Å². The standard InChI is InChI=1S/C11H25N3O/c1-5-9(6-2)8(4)13-10(7-3)11(12)14-15/h8-10,13,15H,5-7H2,1-4H3,(H2,12,14). The van der Waals surface area contributed by atoms with Crippen molar-refractivity contribution in [1.82, 2.24) is 5.32 Å². The van der Waals surface area contributed by atoms with Crippen LogP contribution in [-0.2, 0) is 0 Å². The smallest absolute Gasteiger partial charge is 0.156 e. The first-order valence-electron chi connectivity index (χ1n) is 5.84. The van der Waals surface area contributed by atoms with Crippen LogP contribution < -0.4 is 11.1 Å². The second-order valence-corrected chi connectivity index (χ2v) is 4.02. The lowest BCUT2D eigenvalue weighted by Gasteiger charge is -2.27. The third-order valence-corrected chi connectivity index (χ3v) is 3.10. The van der Waals surface area contributed by atoms with E-state index in [2.05, 4.69) is 31.2 Å². The molecular weight excluding hydrogens is 190 g/mol. The zero-order valence-electron chi connectivity index (χ0n) is 10.3. The summed E-state index contributed by atoms with van der Waals surface area (Å²) < 4.78 is 0. The predicted octanol–water partition coefficient (Wildman–Crippen LogP) is 1.93. The van der Waals surface area contributed by atoms with E-state index in [1.807, 2.05) is 6.92 Å². The average molecular weight is 215 g/mol. The summed E-state index contributed by atoms with van der Waals surface area (Å²) in [7, 11) is 0. The Labute approximate surface area is 92.9 Å². The Kier molecular flexibility index (Phi) is 7.13. The molecule has 0 aromatic carbocycles. The van der Waals surface area contributed by atoms with Crippen LogP contribution in [0.25, 0.3) is 0 Å². The summed E-state index contributed by atoms with van der Waals surface area (Å²) in [6, 6.07) is 0.371. The fourth-order valence-corrected chi connectivity index (χ4v) is 1.93. The summed E-state index contributed by atoms with van der Waals surface area (Å²) in [4.78, 5) is 0. The SMILES string of the molecule is CCC(NC(C)C(CC)CC)C(N)=NO. The largest absolute Gasteiger partial charge is 0.409 e. The molecule has 0 aromatic rings. The molecule has 2 atom stereocenters. The van der Waals surface area contributed by atoms with E-state index in [1.54, 1.807) is 0 Å². The molecule has 90 valence electrons. The molecule has 0 radical (unpaired) electrons. The molecule has 15 heavy (non-hydrogen) atoms. The molecule has 0 aromatic heterocycles. The maximum absolute atomic E-state index is 8.63. The summed E-state index contributed by atoms with van der Waals surface area (Å²) in [5, 5.41) is 15.1. The van der Waals surface area contributed by atoms with Gasteiger partial charge in [0.05, 0.1) is 6.04 Å². The lowest BCUT2D eigenvalue weighted by molar-refractivity contribution is 0.306. The van der Waals surface area contributed by atoms with Gasteiger partial charge in [0.15, 0.2) is 5.84 Å². The van der Waals surface area contributed by atoms with Gasteiger partial charge in [0.25, 0.3) is 0 Å². The monoisotopic (exact) mass is 215 g/mol. The van der Waals surface area contributed by atoms with Crippen molar-refractivity contribution in [3.63, 3.8) is 0 Å². The van der Waals surface area contributed by atoms with Gasteiger partial charge in [-0.15, -0.1) is 0 Å². The highest BCUT2D eigenvalue weighted by Crippen LogP contribution is 2.13. The lowest BCUT2D eigenvalue weighted by Crippen LogP contribution is -2.47. The molecule has 0 aliphatic heterocycles. The van der Waals surface area contributed by atoms with Crippen LogP contribution in [-0.4, -0.2) is 23.1 Å². The van der Waals surface area contributed by atoms with Crippen LogP contribution in [0.15, 0.2) is 5.16 Å². The number of rotatable bonds is 7. The average Bonchev–Trinajstić information content (AvgIpc) is 2.26. The molecule has 4 nitrogen and oxygen atoms in total. The van der Waals surface area contributed by atoms with Crippen molar-refractivity contribution in [3.05, 3.63) is 0 Å². The second kappa shape index (κ2) is 7.51. The van der Waals surface area contributed by atoms with Gasteiger partial charge < -0.3 is 16.3 Å². The Morgan fingerprint density at radius 2 is 1.80 bits per heavy atom. The predicted molar refractivity (Wildman–Crippen MR) is 64.2 cm³/mol. The van der Waals surface area contributed by atoms with Gasteiger partial charge in [0.1, 0.15) is 0 Å². The van der Waals surface area contributed by atoms with E-state index < -0.39 is 0 Å².